The van der Waals surface area contributed by atoms with Crippen molar-refractivity contribution in [2.75, 3.05) is 67.8 Å². The lowest BCUT2D eigenvalue weighted by molar-refractivity contribution is 0.201. The molecule has 0 aromatic heterocycles. The normalized spacial score (nSPS) is 13.3. The van der Waals surface area contributed by atoms with Crippen LogP contribution in [0.5, 0.6) is 40.2 Å². The van der Waals surface area contributed by atoms with Crippen LogP contribution < -0.4 is 38.1 Å². The molecule has 278 valence electrons. The quantitative estimate of drug-likeness (QED) is 0.106. The molecular formula is C44H50N2O7. The number of benzene rings is 5. The third kappa shape index (κ3) is 8.42. The van der Waals surface area contributed by atoms with Gasteiger partial charge in [-0.25, -0.2) is 0 Å². The van der Waals surface area contributed by atoms with Crippen LogP contribution in [0.2, 0.25) is 0 Å². The molecule has 0 aliphatic carbocycles. The Morgan fingerprint density at radius 2 is 1.00 bits per heavy atom. The molecule has 1 heterocycles. The zero-order valence-corrected chi connectivity index (χ0v) is 31.8. The summed E-state index contributed by atoms with van der Waals surface area (Å²) in [7, 11) is 11.5. The van der Waals surface area contributed by atoms with Gasteiger partial charge in [-0.3, -0.25) is 4.90 Å². The Labute approximate surface area is 313 Å². The van der Waals surface area contributed by atoms with Crippen molar-refractivity contribution in [3.8, 4) is 62.5 Å². The third-order valence-corrected chi connectivity index (χ3v) is 9.99. The van der Waals surface area contributed by atoms with E-state index in [1.165, 1.54) is 11.1 Å². The molecule has 1 aliphatic rings. The second kappa shape index (κ2) is 17.3. The Hall–Kier alpha value is -5.54. The van der Waals surface area contributed by atoms with Crippen molar-refractivity contribution in [3.63, 3.8) is 0 Å². The van der Waals surface area contributed by atoms with E-state index < -0.39 is 0 Å². The summed E-state index contributed by atoms with van der Waals surface area (Å²) in [5.74, 6) is 4.56. The summed E-state index contributed by atoms with van der Waals surface area (Å²) in [6.45, 7) is 3.62. The summed E-state index contributed by atoms with van der Waals surface area (Å²) < 4.78 is 39.3. The molecule has 9 heteroatoms. The van der Waals surface area contributed by atoms with Crippen molar-refractivity contribution in [1.82, 2.24) is 4.90 Å². The molecule has 0 saturated carbocycles. The van der Waals surface area contributed by atoms with Gasteiger partial charge in [-0.2, -0.15) is 0 Å². The van der Waals surface area contributed by atoms with Gasteiger partial charge in [0.1, 0.15) is 5.75 Å². The van der Waals surface area contributed by atoms with Crippen molar-refractivity contribution < 1.29 is 33.2 Å². The Bertz CT molecular complexity index is 1940. The number of hydrogen-bond acceptors (Lipinski definition) is 9. The first-order chi connectivity index (χ1) is 25.9. The maximum Gasteiger partial charge on any atom is 0.203 e. The Morgan fingerprint density at radius 3 is 1.49 bits per heavy atom. The molecule has 0 bridgehead atoms. The smallest absolute Gasteiger partial charge is 0.203 e. The highest BCUT2D eigenvalue weighted by atomic mass is 16.5. The second-order valence-electron chi connectivity index (χ2n) is 13.1. The summed E-state index contributed by atoms with van der Waals surface area (Å²) >= 11 is 0. The SMILES string of the molecule is COc1cccc(N(Cc2cccc(-c3cc(OC)c(OC)c(OC)c3)c2)C2CCN(Cc3cccc(-c4cc(OC)c(OC)c(OC)c4)c3)CC2)c1. The molecule has 0 atom stereocenters. The molecule has 1 fully saturated rings. The van der Waals surface area contributed by atoms with Gasteiger partial charge in [0, 0.05) is 44.0 Å². The molecule has 0 N–H and O–H groups in total. The van der Waals surface area contributed by atoms with Gasteiger partial charge >= 0.3 is 0 Å². The lowest BCUT2D eigenvalue weighted by Gasteiger charge is -2.40. The average Bonchev–Trinajstić information content (AvgIpc) is 3.22. The number of anilines is 1. The first-order valence-electron chi connectivity index (χ1n) is 17.8. The van der Waals surface area contributed by atoms with Gasteiger partial charge in [0.2, 0.25) is 11.5 Å². The molecule has 1 saturated heterocycles. The summed E-state index contributed by atoms with van der Waals surface area (Å²) in [5, 5.41) is 0. The minimum absolute atomic E-state index is 0.355. The van der Waals surface area contributed by atoms with Crippen LogP contribution in [0.25, 0.3) is 22.3 Å². The Kier molecular flexibility index (Phi) is 12.2. The van der Waals surface area contributed by atoms with Gasteiger partial charge < -0.3 is 38.1 Å². The molecule has 0 amide bonds. The van der Waals surface area contributed by atoms with E-state index in [0.717, 1.165) is 72.7 Å². The minimum Gasteiger partial charge on any atom is -0.497 e. The van der Waals surface area contributed by atoms with Crippen molar-refractivity contribution in [1.29, 1.82) is 0 Å². The lowest BCUT2D eigenvalue weighted by Crippen LogP contribution is -2.44. The van der Waals surface area contributed by atoms with E-state index in [-0.39, 0.29) is 0 Å². The fraction of sp³-hybridized carbons (Fsp3) is 0.318. The maximum absolute atomic E-state index is 5.66. The molecule has 6 rings (SSSR count). The third-order valence-electron chi connectivity index (χ3n) is 9.99. The first kappa shape index (κ1) is 37.2. The predicted molar refractivity (Wildman–Crippen MR) is 211 cm³/mol. The highest BCUT2D eigenvalue weighted by Crippen LogP contribution is 2.43. The van der Waals surface area contributed by atoms with Crippen LogP contribution in [0, 0.1) is 0 Å². The highest BCUT2D eigenvalue weighted by molar-refractivity contribution is 5.73. The van der Waals surface area contributed by atoms with Crippen molar-refractivity contribution >= 4 is 5.69 Å². The van der Waals surface area contributed by atoms with Crippen LogP contribution in [0.15, 0.2) is 97.1 Å². The van der Waals surface area contributed by atoms with Gasteiger partial charge in [0.15, 0.2) is 23.0 Å². The fourth-order valence-corrected chi connectivity index (χ4v) is 7.26. The van der Waals surface area contributed by atoms with Crippen molar-refractivity contribution in [2.45, 2.75) is 32.0 Å². The zero-order valence-electron chi connectivity index (χ0n) is 31.8. The number of likely N-dealkylation sites (tertiary alicyclic amines) is 1. The molecule has 5 aromatic carbocycles. The Morgan fingerprint density at radius 1 is 0.509 bits per heavy atom. The standard InChI is InChI=1S/C44H50N2O7/c1-47-38-16-10-15-37(27-38)46(29-31-12-9-14-33(22-31)35-25-41(50-4)44(53-7)42(26-35)51-5)36-17-19-45(20-18-36)28-30-11-8-13-32(21-30)34-23-39(48-2)43(52-6)40(24-34)49-3/h8-16,21-27,36H,17-20,28-29H2,1-7H3. The number of piperidine rings is 1. The second-order valence-corrected chi connectivity index (χ2v) is 13.1. The molecule has 53 heavy (non-hydrogen) atoms. The summed E-state index contributed by atoms with van der Waals surface area (Å²) in [6, 6.07) is 34.2. The summed E-state index contributed by atoms with van der Waals surface area (Å²) in [6.07, 6.45) is 2.08. The van der Waals surface area contributed by atoms with E-state index in [1.54, 1.807) is 49.8 Å². The number of ether oxygens (including phenoxy) is 7. The first-order valence-corrected chi connectivity index (χ1v) is 17.8. The Balaban J connectivity index is 1.20. The van der Waals surface area contributed by atoms with E-state index in [9.17, 15) is 0 Å². The molecule has 1 aliphatic heterocycles. The summed E-state index contributed by atoms with van der Waals surface area (Å²) in [4.78, 5) is 5.10. The molecule has 0 spiro atoms. The molecular weight excluding hydrogens is 668 g/mol. The van der Waals surface area contributed by atoms with Crippen LogP contribution in [-0.4, -0.2) is 73.8 Å². The van der Waals surface area contributed by atoms with Gasteiger partial charge in [-0.1, -0.05) is 42.5 Å². The predicted octanol–water partition coefficient (Wildman–Crippen LogP) is 8.75. The van der Waals surface area contributed by atoms with E-state index >= 15 is 0 Å². The maximum atomic E-state index is 5.66. The number of hydrogen-bond donors (Lipinski definition) is 0. The molecule has 0 radical (unpaired) electrons. The van der Waals surface area contributed by atoms with Crippen LogP contribution >= 0.6 is 0 Å². The topological polar surface area (TPSA) is 71.1 Å². The van der Waals surface area contributed by atoms with E-state index in [2.05, 4.69) is 76.5 Å². The molecule has 5 aromatic rings. The minimum atomic E-state index is 0.355. The average molecular weight is 719 g/mol. The van der Waals surface area contributed by atoms with Crippen LogP contribution in [0.1, 0.15) is 24.0 Å². The monoisotopic (exact) mass is 718 g/mol. The van der Waals surface area contributed by atoms with Crippen LogP contribution in [0.4, 0.5) is 5.69 Å². The highest BCUT2D eigenvalue weighted by Gasteiger charge is 2.26. The molecule has 0 unspecified atom stereocenters. The van der Waals surface area contributed by atoms with E-state index in [4.69, 9.17) is 33.2 Å². The van der Waals surface area contributed by atoms with E-state index in [0.29, 0.717) is 40.5 Å². The van der Waals surface area contributed by atoms with Crippen molar-refractivity contribution in [2.24, 2.45) is 0 Å². The van der Waals surface area contributed by atoms with Gasteiger partial charge in [-0.15, -0.1) is 0 Å². The van der Waals surface area contributed by atoms with Crippen molar-refractivity contribution in [3.05, 3.63) is 108 Å². The molecule has 9 nitrogen and oxygen atoms in total. The summed E-state index contributed by atoms with van der Waals surface area (Å²) in [5.41, 5.74) is 7.83. The van der Waals surface area contributed by atoms with Crippen LogP contribution in [-0.2, 0) is 13.1 Å². The van der Waals surface area contributed by atoms with Gasteiger partial charge in [0.05, 0.1) is 49.8 Å². The van der Waals surface area contributed by atoms with Gasteiger partial charge in [0.25, 0.3) is 0 Å². The lowest BCUT2D eigenvalue weighted by atomic mass is 9.98. The number of rotatable bonds is 15. The largest absolute Gasteiger partial charge is 0.497 e. The van der Waals surface area contributed by atoms with Crippen LogP contribution in [0.3, 0.4) is 0 Å². The van der Waals surface area contributed by atoms with Gasteiger partial charge in [-0.05, 0) is 94.8 Å². The number of nitrogens with zero attached hydrogens (tertiary/aromatic N) is 2. The van der Waals surface area contributed by atoms with E-state index in [1.807, 2.05) is 30.3 Å². The number of methoxy groups -OCH3 is 7. The fourth-order valence-electron chi connectivity index (χ4n) is 7.26. The zero-order chi connectivity index (χ0) is 37.3.